The molecule has 0 aromatic carbocycles. The fourth-order valence-corrected chi connectivity index (χ4v) is 3.31. The highest BCUT2D eigenvalue weighted by atomic mass is 14.8. The SMILES string of the molecule is Cc1ccncc1C1(N)CCCC(C(C)C)CC1. The Hall–Kier alpha value is -0.890. The van der Waals surface area contributed by atoms with Crippen LogP contribution in [-0.2, 0) is 5.54 Å². The van der Waals surface area contributed by atoms with E-state index in [0.717, 1.165) is 24.7 Å². The number of hydrogen-bond donors (Lipinski definition) is 1. The molecule has 1 aromatic heterocycles. The molecule has 2 rings (SSSR count). The van der Waals surface area contributed by atoms with Crippen molar-refractivity contribution in [2.45, 2.75) is 58.4 Å². The maximum absolute atomic E-state index is 6.70. The average molecular weight is 246 g/mol. The van der Waals surface area contributed by atoms with Gasteiger partial charge in [-0.1, -0.05) is 26.7 Å². The van der Waals surface area contributed by atoms with E-state index in [1.165, 1.54) is 30.4 Å². The zero-order valence-electron chi connectivity index (χ0n) is 11.9. The van der Waals surface area contributed by atoms with Crippen LogP contribution in [0.1, 0.15) is 57.1 Å². The molecular weight excluding hydrogens is 220 g/mol. The maximum Gasteiger partial charge on any atom is 0.0427 e. The Morgan fingerprint density at radius 2 is 2.11 bits per heavy atom. The van der Waals surface area contributed by atoms with E-state index in [2.05, 4.69) is 31.8 Å². The molecule has 1 fully saturated rings. The van der Waals surface area contributed by atoms with Crippen LogP contribution < -0.4 is 5.73 Å². The van der Waals surface area contributed by atoms with E-state index in [1.54, 1.807) is 0 Å². The van der Waals surface area contributed by atoms with Crippen molar-refractivity contribution >= 4 is 0 Å². The standard InChI is InChI=1S/C16H26N2/c1-12(2)14-5-4-8-16(17,9-6-14)15-11-18-10-7-13(15)3/h7,10-12,14H,4-6,8-9,17H2,1-3H3. The molecule has 18 heavy (non-hydrogen) atoms. The molecule has 0 saturated heterocycles. The summed E-state index contributed by atoms with van der Waals surface area (Å²) in [5.74, 6) is 1.62. The molecule has 0 spiro atoms. The summed E-state index contributed by atoms with van der Waals surface area (Å²) in [7, 11) is 0. The van der Waals surface area contributed by atoms with Crippen molar-refractivity contribution in [2.24, 2.45) is 17.6 Å². The summed E-state index contributed by atoms with van der Waals surface area (Å²) in [6, 6.07) is 2.08. The lowest BCUT2D eigenvalue weighted by Gasteiger charge is -2.30. The van der Waals surface area contributed by atoms with Crippen LogP contribution in [0, 0.1) is 18.8 Å². The predicted octanol–water partition coefficient (Wildman–Crippen LogP) is 3.78. The first-order chi connectivity index (χ1) is 8.53. The number of rotatable bonds is 2. The molecule has 1 aliphatic carbocycles. The molecule has 2 N–H and O–H groups in total. The van der Waals surface area contributed by atoms with Crippen LogP contribution in [-0.4, -0.2) is 4.98 Å². The van der Waals surface area contributed by atoms with E-state index in [1.807, 2.05) is 12.4 Å². The minimum Gasteiger partial charge on any atom is -0.321 e. The molecule has 2 heteroatoms. The second-order valence-electron chi connectivity index (χ2n) is 6.28. The third-order valence-electron chi connectivity index (χ3n) is 4.68. The smallest absolute Gasteiger partial charge is 0.0427 e. The van der Waals surface area contributed by atoms with Crippen molar-refractivity contribution in [1.29, 1.82) is 0 Å². The van der Waals surface area contributed by atoms with E-state index >= 15 is 0 Å². The number of nitrogens with two attached hydrogens (primary N) is 1. The summed E-state index contributed by atoms with van der Waals surface area (Å²) in [6.07, 6.45) is 9.86. The lowest BCUT2D eigenvalue weighted by molar-refractivity contribution is 0.324. The molecule has 1 heterocycles. The fraction of sp³-hybridized carbons (Fsp3) is 0.688. The van der Waals surface area contributed by atoms with E-state index in [-0.39, 0.29) is 5.54 Å². The summed E-state index contributed by atoms with van der Waals surface area (Å²) < 4.78 is 0. The molecular formula is C16H26N2. The van der Waals surface area contributed by atoms with Gasteiger partial charge in [-0.3, -0.25) is 4.98 Å². The summed E-state index contributed by atoms with van der Waals surface area (Å²) in [5.41, 5.74) is 9.10. The largest absolute Gasteiger partial charge is 0.321 e. The van der Waals surface area contributed by atoms with Gasteiger partial charge in [-0.15, -0.1) is 0 Å². The zero-order valence-corrected chi connectivity index (χ0v) is 11.9. The second-order valence-corrected chi connectivity index (χ2v) is 6.28. The van der Waals surface area contributed by atoms with Crippen LogP contribution >= 0.6 is 0 Å². The average Bonchev–Trinajstić information content (AvgIpc) is 2.52. The van der Waals surface area contributed by atoms with Crippen molar-refractivity contribution in [3.05, 3.63) is 29.6 Å². The van der Waals surface area contributed by atoms with Crippen molar-refractivity contribution in [3.8, 4) is 0 Å². The van der Waals surface area contributed by atoms with Gasteiger partial charge in [0.1, 0.15) is 0 Å². The van der Waals surface area contributed by atoms with Crippen molar-refractivity contribution in [2.75, 3.05) is 0 Å². The molecule has 100 valence electrons. The van der Waals surface area contributed by atoms with E-state index < -0.39 is 0 Å². The molecule has 0 bridgehead atoms. The van der Waals surface area contributed by atoms with Gasteiger partial charge in [0.15, 0.2) is 0 Å². The fourth-order valence-electron chi connectivity index (χ4n) is 3.31. The molecule has 2 atom stereocenters. The molecule has 1 aromatic rings. The third kappa shape index (κ3) is 2.74. The van der Waals surface area contributed by atoms with Crippen LogP contribution in [0.4, 0.5) is 0 Å². The Kier molecular flexibility index (Phi) is 4.06. The van der Waals surface area contributed by atoms with Crippen molar-refractivity contribution in [1.82, 2.24) is 4.98 Å². The van der Waals surface area contributed by atoms with Gasteiger partial charge in [-0.05, 0) is 55.2 Å². The first kappa shape index (κ1) is 13.5. The van der Waals surface area contributed by atoms with Crippen LogP contribution in [0.5, 0.6) is 0 Å². The second kappa shape index (κ2) is 5.40. The highest BCUT2D eigenvalue weighted by molar-refractivity contribution is 5.29. The number of pyridine rings is 1. The molecule has 0 radical (unpaired) electrons. The molecule has 1 aliphatic rings. The van der Waals surface area contributed by atoms with E-state index in [4.69, 9.17) is 5.73 Å². The zero-order chi connectivity index (χ0) is 13.2. The predicted molar refractivity (Wildman–Crippen MR) is 76.3 cm³/mol. The van der Waals surface area contributed by atoms with Crippen molar-refractivity contribution in [3.63, 3.8) is 0 Å². The van der Waals surface area contributed by atoms with Gasteiger partial charge < -0.3 is 5.73 Å². The number of hydrogen-bond acceptors (Lipinski definition) is 2. The van der Waals surface area contributed by atoms with E-state index in [0.29, 0.717) is 0 Å². The summed E-state index contributed by atoms with van der Waals surface area (Å²) >= 11 is 0. The number of aromatic nitrogens is 1. The summed E-state index contributed by atoms with van der Waals surface area (Å²) in [6.45, 7) is 6.82. The topological polar surface area (TPSA) is 38.9 Å². The van der Waals surface area contributed by atoms with Gasteiger partial charge in [-0.2, -0.15) is 0 Å². The van der Waals surface area contributed by atoms with Crippen molar-refractivity contribution < 1.29 is 0 Å². The lowest BCUT2D eigenvalue weighted by atomic mass is 9.81. The van der Waals surface area contributed by atoms with Gasteiger partial charge in [0.2, 0.25) is 0 Å². The van der Waals surface area contributed by atoms with Crippen LogP contribution in [0.15, 0.2) is 18.5 Å². The quantitative estimate of drug-likeness (QED) is 0.807. The Balaban J connectivity index is 2.19. The van der Waals surface area contributed by atoms with Gasteiger partial charge in [0, 0.05) is 17.9 Å². The maximum atomic E-state index is 6.70. The van der Waals surface area contributed by atoms with Gasteiger partial charge in [-0.25, -0.2) is 0 Å². The van der Waals surface area contributed by atoms with Crippen LogP contribution in [0.2, 0.25) is 0 Å². The number of nitrogens with zero attached hydrogens (tertiary/aromatic N) is 1. The first-order valence-electron chi connectivity index (χ1n) is 7.23. The van der Waals surface area contributed by atoms with Gasteiger partial charge >= 0.3 is 0 Å². The molecule has 1 saturated carbocycles. The van der Waals surface area contributed by atoms with Gasteiger partial charge in [0.05, 0.1) is 0 Å². The Bertz CT molecular complexity index is 400. The summed E-state index contributed by atoms with van der Waals surface area (Å²) in [5, 5.41) is 0. The van der Waals surface area contributed by atoms with Gasteiger partial charge in [0.25, 0.3) is 0 Å². The Morgan fingerprint density at radius 3 is 2.78 bits per heavy atom. The molecule has 0 aliphatic heterocycles. The molecule has 2 nitrogen and oxygen atoms in total. The normalized spacial score (nSPS) is 29.3. The number of aryl methyl sites for hydroxylation is 1. The lowest BCUT2D eigenvalue weighted by Crippen LogP contribution is -2.37. The van der Waals surface area contributed by atoms with Crippen LogP contribution in [0.3, 0.4) is 0 Å². The Labute approximate surface area is 111 Å². The minimum absolute atomic E-state index is 0.151. The molecule has 2 unspecified atom stereocenters. The highest BCUT2D eigenvalue weighted by Gasteiger charge is 2.32. The Morgan fingerprint density at radius 1 is 1.33 bits per heavy atom. The monoisotopic (exact) mass is 246 g/mol. The third-order valence-corrected chi connectivity index (χ3v) is 4.68. The molecule has 0 amide bonds. The highest BCUT2D eigenvalue weighted by Crippen LogP contribution is 2.38. The first-order valence-corrected chi connectivity index (χ1v) is 7.23. The minimum atomic E-state index is -0.151. The summed E-state index contributed by atoms with van der Waals surface area (Å²) in [4.78, 5) is 4.27. The van der Waals surface area contributed by atoms with E-state index in [9.17, 15) is 0 Å². The van der Waals surface area contributed by atoms with Crippen LogP contribution in [0.25, 0.3) is 0 Å².